The summed E-state index contributed by atoms with van der Waals surface area (Å²) in [4.78, 5) is 2.39. The van der Waals surface area contributed by atoms with Crippen LogP contribution in [-0.2, 0) is 6.54 Å². The highest BCUT2D eigenvalue weighted by Gasteiger charge is 2.31. The zero-order chi connectivity index (χ0) is 13.4. The average Bonchev–Trinajstić information content (AvgIpc) is 2.42. The quantitative estimate of drug-likeness (QED) is 0.789. The van der Waals surface area contributed by atoms with Gasteiger partial charge in [-0.2, -0.15) is 0 Å². The van der Waals surface area contributed by atoms with Crippen molar-refractivity contribution < 1.29 is 0 Å². The highest BCUT2D eigenvalue weighted by molar-refractivity contribution is 5.55. The molecule has 0 saturated carbocycles. The van der Waals surface area contributed by atoms with Gasteiger partial charge in [-0.1, -0.05) is 42.5 Å². The minimum Gasteiger partial charge on any atom is -0.398 e. The van der Waals surface area contributed by atoms with E-state index < -0.39 is 0 Å². The number of anilines is 1. The third kappa shape index (κ3) is 2.02. The van der Waals surface area contributed by atoms with Crippen molar-refractivity contribution in [3.05, 3.63) is 65.2 Å². The number of fused-ring (bicyclic) bond motifs is 1. The molecule has 0 bridgehead atoms. The molecule has 3 rings (SSSR count). The van der Waals surface area contributed by atoms with Crippen molar-refractivity contribution in [1.29, 1.82) is 0 Å². The molecule has 98 valence electrons. The maximum atomic E-state index is 6.16. The van der Waals surface area contributed by atoms with Crippen molar-refractivity contribution in [3.8, 4) is 0 Å². The fraction of sp³-hybridized carbons (Fsp3) is 0.294. The van der Waals surface area contributed by atoms with Gasteiger partial charge in [0.25, 0.3) is 0 Å². The molecule has 2 aromatic rings. The molecule has 2 atom stereocenters. The summed E-state index contributed by atoms with van der Waals surface area (Å²) in [6.07, 6.45) is 0. The highest BCUT2D eigenvalue weighted by atomic mass is 15.1. The van der Waals surface area contributed by atoms with Gasteiger partial charge in [0.2, 0.25) is 0 Å². The molecule has 2 N–H and O–H groups in total. The number of nitrogen functional groups attached to an aromatic ring is 1. The lowest BCUT2D eigenvalue weighted by molar-refractivity contribution is 0.212. The van der Waals surface area contributed by atoms with Crippen LogP contribution in [0.2, 0.25) is 0 Å². The SMILES string of the molecule is CC1C(c2ccccc2)c2cccc(N)c2CN1C. The molecular formula is C17H20N2. The fourth-order valence-corrected chi connectivity index (χ4v) is 3.12. The first kappa shape index (κ1) is 12.2. The van der Waals surface area contributed by atoms with Crippen LogP contribution < -0.4 is 5.73 Å². The van der Waals surface area contributed by atoms with Gasteiger partial charge in [0.1, 0.15) is 0 Å². The summed E-state index contributed by atoms with van der Waals surface area (Å²) in [5.74, 6) is 0.401. The highest BCUT2D eigenvalue weighted by Crippen LogP contribution is 2.39. The van der Waals surface area contributed by atoms with Crippen LogP contribution in [0, 0.1) is 0 Å². The van der Waals surface area contributed by atoms with E-state index in [0.717, 1.165) is 12.2 Å². The summed E-state index contributed by atoms with van der Waals surface area (Å²) >= 11 is 0. The standard InChI is InChI=1S/C17H20N2/c1-12-17(13-7-4-3-5-8-13)14-9-6-10-16(18)15(14)11-19(12)2/h3-10,12,17H,11,18H2,1-2H3. The topological polar surface area (TPSA) is 29.3 Å². The summed E-state index contributed by atoms with van der Waals surface area (Å²) in [5.41, 5.74) is 11.1. The van der Waals surface area contributed by atoms with Crippen molar-refractivity contribution in [2.75, 3.05) is 12.8 Å². The molecule has 2 nitrogen and oxygen atoms in total. The number of benzene rings is 2. The molecule has 2 aromatic carbocycles. The largest absolute Gasteiger partial charge is 0.398 e. The minimum atomic E-state index is 0.401. The molecule has 0 aromatic heterocycles. The fourth-order valence-electron chi connectivity index (χ4n) is 3.12. The zero-order valence-corrected chi connectivity index (χ0v) is 11.5. The Kier molecular flexibility index (Phi) is 3.03. The number of likely N-dealkylation sites (N-methyl/N-ethyl adjacent to an activating group) is 1. The summed E-state index contributed by atoms with van der Waals surface area (Å²) < 4.78 is 0. The van der Waals surface area contributed by atoms with Crippen LogP contribution in [0.5, 0.6) is 0 Å². The van der Waals surface area contributed by atoms with Crippen molar-refractivity contribution >= 4 is 5.69 Å². The van der Waals surface area contributed by atoms with E-state index in [1.165, 1.54) is 16.7 Å². The molecule has 0 saturated heterocycles. The third-order valence-corrected chi connectivity index (χ3v) is 4.33. The van der Waals surface area contributed by atoms with E-state index in [-0.39, 0.29) is 0 Å². The zero-order valence-electron chi connectivity index (χ0n) is 11.5. The van der Waals surface area contributed by atoms with Crippen LogP contribution in [0.1, 0.15) is 29.5 Å². The third-order valence-electron chi connectivity index (χ3n) is 4.33. The molecule has 0 aliphatic carbocycles. The number of hydrogen-bond acceptors (Lipinski definition) is 2. The monoisotopic (exact) mass is 252 g/mol. The summed E-state index contributed by atoms with van der Waals surface area (Å²) in [5, 5.41) is 0. The van der Waals surface area contributed by atoms with Gasteiger partial charge in [0.15, 0.2) is 0 Å². The van der Waals surface area contributed by atoms with Crippen molar-refractivity contribution in [2.45, 2.75) is 25.4 Å². The molecule has 1 heterocycles. The van der Waals surface area contributed by atoms with Crippen LogP contribution >= 0.6 is 0 Å². The van der Waals surface area contributed by atoms with E-state index in [4.69, 9.17) is 5.73 Å². The number of nitrogens with zero attached hydrogens (tertiary/aromatic N) is 1. The lowest BCUT2D eigenvalue weighted by Crippen LogP contribution is -2.39. The van der Waals surface area contributed by atoms with E-state index in [1.807, 2.05) is 6.07 Å². The molecule has 0 fully saturated rings. The van der Waals surface area contributed by atoms with Gasteiger partial charge in [-0.15, -0.1) is 0 Å². The van der Waals surface area contributed by atoms with E-state index >= 15 is 0 Å². The van der Waals surface area contributed by atoms with Crippen molar-refractivity contribution in [1.82, 2.24) is 4.90 Å². The van der Waals surface area contributed by atoms with Gasteiger partial charge in [-0.3, -0.25) is 4.90 Å². The second-order valence-electron chi connectivity index (χ2n) is 5.46. The van der Waals surface area contributed by atoms with Gasteiger partial charge in [0.05, 0.1) is 0 Å². The molecule has 0 radical (unpaired) electrons. The van der Waals surface area contributed by atoms with Crippen molar-refractivity contribution in [2.24, 2.45) is 0 Å². The Morgan fingerprint density at radius 2 is 1.79 bits per heavy atom. The second-order valence-corrected chi connectivity index (χ2v) is 5.46. The van der Waals surface area contributed by atoms with Crippen LogP contribution in [-0.4, -0.2) is 18.0 Å². The molecule has 19 heavy (non-hydrogen) atoms. The van der Waals surface area contributed by atoms with Crippen LogP contribution in [0.25, 0.3) is 0 Å². The van der Waals surface area contributed by atoms with E-state index in [2.05, 4.69) is 61.3 Å². The lowest BCUT2D eigenvalue weighted by Gasteiger charge is -2.39. The first-order chi connectivity index (χ1) is 9.18. The first-order valence-electron chi connectivity index (χ1n) is 6.81. The molecule has 1 aliphatic heterocycles. The Morgan fingerprint density at radius 3 is 2.53 bits per heavy atom. The Balaban J connectivity index is 2.16. The second kappa shape index (κ2) is 4.71. The van der Waals surface area contributed by atoms with Gasteiger partial charge in [-0.05, 0) is 36.7 Å². The summed E-state index contributed by atoms with van der Waals surface area (Å²) in [6.45, 7) is 3.23. The minimum absolute atomic E-state index is 0.401. The Hall–Kier alpha value is -1.80. The van der Waals surface area contributed by atoms with Gasteiger partial charge in [0, 0.05) is 24.2 Å². The van der Waals surface area contributed by atoms with E-state index in [1.54, 1.807) is 0 Å². The Bertz CT molecular complexity index is 577. The normalized spacial score (nSPS) is 23.1. The maximum absolute atomic E-state index is 6.16. The molecular weight excluding hydrogens is 232 g/mol. The lowest BCUT2D eigenvalue weighted by atomic mass is 9.79. The molecule has 2 unspecified atom stereocenters. The Morgan fingerprint density at radius 1 is 1.05 bits per heavy atom. The molecule has 0 amide bonds. The number of rotatable bonds is 1. The molecule has 0 spiro atoms. The van der Waals surface area contributed by atoms with Crippen LogP contribution in [0.4, 0.5) is 5.69 Å². The summed E-state index contributed by atoms with van der Waals surface area (Å²) in [7, 11) is 2.18. The number of hydrogen-bond donors (Lipinski definition) is 1. The van der Waals surface area contributed by atoms with Crippen molar-refractivity contribution in [3.63, 3.8) is 0 Å². The van der Waals surface area contributed by atoms with Crippen LogP contribution in [0.15, 0.2) is 48.5 Å². The van der Waals surface area contributed by atoms with Crippen LogP contribution in [0.3, 0.4) is 0 Å². The van der Waals surface area contributed by atoms with Gasteiger partial charge in [-0.25, -0.2) is 0 Å². The van der Waals surface area contributed by atoms with Gasteiger partial charge >= 0.3 is 0 Å². The Labute approximate surface area is 114 Å². The first-order valence-corrected chi connectivity index (χ1v) is 6.81. The van der Waals surface area contributed by atoms with E-state index in [9.17, 15) is 0 Å². The average molecular weight is 252 g/mol. The molecule has 1 aliphatic rings. The van der Waals surface area contributed by atoms with E-state index in [0.29, 0.717) is 12.0 Å². The predicted molar refractivity (Wildman–Crippen MR) is 80.1 cm³/mol. The van der Waals surface area contributed by atoms with Gasteiger partial charge < -0.3 is 5.73 Å². The molecule has 2 heteroatoms. The number of nitrogens with two attached hydrogens (primary N) is 1. The summed E-state index contributed by atoms with van der Waals surface area (Å²) in [6, 6.07) is 17.5. The maximum Gasteiger partial charge on any atom is 0.0362 e. The smallest absolute Gasteiger partial charge is 0.0362 e. The predicted octanol–water partition coefficient (Wildman–Crippen LogP) is 3.23.